The minimum Gasteiger partial charge on any atom is -0.376 e. The predicted octanol–water partition coefficient (Wildman–Crippen LogP) is 4.75. The van der Waals surface area contributed by atoms with Gasteiger partial charge in [0.05, 0.1) is 17.9 Å². The van der Waals surface area contributed by atoms with Gasteiger partial charge in [-0.3, -0.25) is 4.40 Å². The van der Waals surface area contributed by atoms with Crippen molar-refractivity contribution in [1.82, 2.24) is 14.4 Å². The number of anilines is 1. The van der Waals surface area contributed by atoms with E-state index in [1.54, 1.807) is 0 Å². The van der Waals surface area contributed by atoms with Gasteiger partial charge in [-0.2, -0.15) is 13.2 Å². The van der Waals surface area contributed by atoms with Crippen molar-refractivity contribution in [1.29, 1.82) is 0 Å². The van der Waals surface area contributed by atoms with Crippen molar-refractivity contribution in [3.63, 3.8) is 0 Å². The molecule has 1 saturated carbocycles. The normalized spacial score (nSPS) is 21.4. The first-order chi connectivity index (χ1) is 14.5. The summed E-state index contributed by atoms with van der Waals surface area (Å²) in [6.45, 7) is 0.596. The maximum absolute atomic E-state index is 14.6. The molecule has 2 N–H and O–H groups in total. The minimum atomic E-state index is -4.96. The summed E-state index contributed by atoms with van der Waals surface area (Å²) in [6.07, 6.45) is -2.62. The fraction of sp³-hybridized carbons (Fsp3) is 0.400. The summed E-state index contributed by atoms with van der Waals surface area (Å²) >= 11 is 0. The highest BCUT2D eigenvalue weighted by Gasteiger charge is 2.51. The molecule has 3 aromatic rings. The van der Waals surface area contributed by atoms with Crippen LogP contribution in [0.2, 0.25) is 0 Å². The molecule has 4 rings (SSSR count). The first-order valence-corrected chi connectivity index (χ1v) is 9.53. The summed E-state index contributed by atoms with van der Waals surface area (Å²) in [4.78, 5) is 7.94. The van der Waals surface area contributed by atoms with Crippen LogP contribution >= 0.6 is 0 Å². The first-order valence-electron chi connectivity index (χ1n) is 9.53. The second-order valence-electron chi connectivity index (χ2n) is 7.71. The van der Waals surface area contributed by atoms with Crippen molar-refractivity contribution in [2.24, 2.45) is 0 Å². The van der Waals surface area contributed by atoms with Gasteiger partial charge in [-0.1, -0.05) is 6.07 Å². The van der Waals surface area contributed by atoms with Crippen LogP contribution < -0.4 is 5.32 Å². The van der Waals surface area contributed by atoms with Crippen LogP contribution in [-0.2, 0) is 5.60 Å². The van der Waals surface area contributed by atoms with E-state index in [-0.39, 0.29) is 22.9 Å². The van der Waals surface area contributed by atoms with Crippen LogP contribution in [0.15, 0.2) is 30.6 Å². The Morgan fingerprint density at radius 1 is 1.16 bits per heavy atom. The van der Waals surface area contributed by atoms with Gasteiger partial charge in [-0.15, -0.1) is 0 Å². The molecule has 0 aromatic carbocycles. The van der Waals surface area contributed by atoms with E-state index in [0.717, 1.165) is 16.7 Å². The Kier molecular flexibility index (Phi) is 5.11. The Bertz CT molecular complexity index is 1130. The monoisotopic (exact) mass is 444 g/mol. The molecule has 1 aliphatic rings. The minimum absolute atomic E-state index is 0.0569. The molecule has 166 valence electrons. The molecule has 0 spiro atoms. The molecular weight excluding hydrogens is 426 g/mol. The molecule has 1 fully saturated rings. The van der Waals surface area contributed by atoms with Crippen molar-refractivity contribution in [2.45, 2.75) is 50.2 Å². The SMILES string of the molecule is C[C@](O)(c1ccc2ncc(-c3nc(N[C@H]4CCC[C@@H]4F)c(F)cc3F)n2c1)C(F)(F)F. The lowest BCUT2D eigenvalue weighted by atomic mass is 9.97. The first kappa shape index (κ1) is 21.4. The topological polar surface area (TPSA) is 62.5 Å². The van der Waals surface area contributed by atoms with Crippen LogP contribution in [0.5, 0.6) is 0 Å². The number of aliphatic hydroxyl groups is 1. The molecule has 3 atom stereocenters. The zero-order valence-corrected chi connectivity index (χ0v) is 16.2. The molecule has 31 heavy (non-hydrogen) atoms. The molecule has 0 radical (unpaired) electrons. The second-order valence-corrected chi connectivity index (χ2v) is 7.71. The van der Waals surface area contributed by atoms with E-state index in [0.29, 0.717) is 32.3 Å². The van der Waals surface area contributed by atoms with Crippen molar-refractivity contribution < 1.29 is 31.4 Å². The van der Waals surface area contributed by atoms with E-state index < -0.39 is 41.2 Å². The van der Waals surface area contributed by atoms with Gasteiger partial charge >= 0.3 is 6.18 Å². The number of pyridine rings is 2. The number of hydrogen-bond donors (Lipinski definition) is 2. The van der Waals surface area contributed by atoms with Gasteiger partial charge < -0.3 is 10.4 Å². The lowest BCUT2D eigenvalue weighted by molar-refractivity contribution is -0.259. The average Bonchev–Trinajstić information content (AvgIpc) is 3.28. The summed E-state index contributed by atoms with van der Waals surface area (Å²) in [5.74, 6) is -2.45. The van der Waals surface area contributed by atoms with Gasteiger partial charge in [0.1, 0.15) is 17.5 Å². The quantitative estimate of drug-likeness (QED) is 0.571. The number of imidazole rings is 1. The van der Waals surface area contributed by atoms with E-state index in [1.165, 1.54) is 12.3 Å². The van der Waals surface area contributed by atoms with Crippen molar-refractivity contribution in [3.8, 4) is 11.4 Å². The van der Waals surface area contributed by atoms with Gasteiger partial charge in [0.25, 0.3) is 0 Å². The average molecular weight is 444 g/mol. The molecule has 11 heteroatoms. The summed E-state index contributed by atoms with van der Waals surface area (Å²) in [5.41, 5.74) is -3.94. The number of alkyl halides is 4. The summed E-state index contributed by atoms with van der Waals surface area (Å²) in [6, 6.07) is 2.19. The zero-order valence-electron chi connectivity index (χ0n) is 16.2. The predicted molar refractivity (Wildman–Crippen MR) is 100 cm³/mol. The molecule has 0 amide bonds. The third kappa shape index (κ3) is 3.71. The third-order valence-electron chi connectivity index (χ3n) is 5.55. The zero-order chi connectivity index (χ0) is 22.6. The highest BCUT2D eigenvalue weighted by atomic mass is 19.4. The van der Waals surface area contributed by atoms with Gasteiger partial charge in [0.15, 0.2) is 23.1 Å². The van der Waals surface area contributed by atoms with Gasteiger partial charge in [-0.05, 0) is 32.3 Å². The smallest absolute Gasteiger partial charge is 0.376 e. The Hall–Kier alpha value is -2.82. The maximum Gasteiger partial charge on any atom is 0.421 e. The summed E-state index contributed by atoms with van der Waals surface area (Å²) in [7, 11) is 0. The summed E-state index contributed by atoms with van der Waals surface area (Å²) < 4.78 is 83.5. The molecule has 0 bridgehead atoms. The van der Waals surface area contributed by atoms with E-state index >= 15 is 0 Å². The Morgan fingerprint density at radius 3 is 2.55 bits per heavy atom. The van der Waals surface area contributed by atoms with Crippen molar-refractivity contribution in [3.05, 3.63) is 47.8 Å². The van der Waals surface area contributed by atoms with Crippen LogP contribution in [0, 0.1) is 11.6 Å². The Labute approximate surface area is 172 Å². The lowest BCUT2D eigenvalue weighted by Gasteiger charge is -2.26. The molecular formula is C20H18F6N4O. The van der Waals surface area contributed by atoms with E-state index in [4.69, 9.17) is 0 Å². The highest BCUT2D eigenvalue weighted by molar-refractivity contribution is 5.63. The maximum atomic E-state index is 14.6. The second kappa shape index (κ2) is 7.40. The number of halogens is 6. The van der Waals surface area contributed by atoms with Crippen molar-refractivity contribution in [2.75, 3.05) is 5.32 Å². The van der Waals surface area contributed by atoms with Crippen LogP contribution in [-0.4, -0.2) is 37.9 Å². The summed E-state index contributed by atoms with van der Waals surface area (Å²) in [5, 5.41) is 12.6. The fourth-order valence-electron chi connectivity index (χ4n) is 3.61. The third-order valence-corrected chi connectivity index (χ3v) is 5.55. The van der Waals surface area contributed by atoms with Gasteiger partial charge in [0, 0.05) is 17.8 Å². The van der Waals surface area contributed by atoms with Crippen LogP contribution in [0.4, 0.5) is 32.2 Å². The van der Waals surface area contributed by atoms with Crippen LogP contribution in [0.25, 0.3) is 17.0 Å². The van der Waals surface area contributed by atoms with E-state index in [9.17, 15) is 31.4 Å². The molecule has 0 unspecified atom stereocenters. The molecule has 0 aliphatic heterocycles. The number of nitrogens with one attached hydrogen (secondary N) is 1. The number of aromatic nitrogens is 3. The number of rotatable bonds is 4. The van der Waals surface area contributed by atoms with Crippen molar-refractivity contribution >= 4 is 11.5 Å². The van der Waals surface area contributed by atoms with Crippen LogP contribution in [0.3, 0.4) is 0 Å². The Morgan fingerprint density at radius 2 is 1.90 bits per heavy atom. The fourth-order valence-corrected chi connectivity index (χ4v) is 3.61. The van der Waals surface area contributed by atoms with Crippen LogP contribution in [0.1, 0.15) is 31.7 Å². The molecule has 3 heterocycles. The number of fused-ring (bicyclic) bond motifs is 1. The Balaban J connectivity index is 1.79. The molecule has 1 aliphatic carbocycles. The molecule has 3 aromatic heterocycles. The van der Waals surface area contributed by atoms with E-state index in [1.807, 2.05) is 0 Å². The van der Waals surface area contributed by atoms with E-state index in [2.05, 4.69) is 15.3 Å². The molecule has 5 nitrogen and oxygen atoms in total. The number of nitrogens with zero attached hydrogens (tertiary/aromatic N) is 3. The largest absolute Gasteiger partial charge is 0.421 e. The highest BCUT2D eigenvalue weighted by Crippen LogP contribution is 2.39. The van der Waals surface area contributed by atoms with Gasteiger partial charge in [0.2, 0.25) is 0 Å². The standard InChI is InChI=1S/C20H18F6N4O/c1-19(31,20(24,25)26)10-5-6-16-27-8-15(30(16)9-10)17-12(22)7-13(23)18(29-17)28-14-4-2-3-11(14)21/h5-9,11,14,31H,2-4H2,1H3,(H,28,29)/t11-,14-,19-/m0/s1. The lowest BCUT2D eigenvalue weighted by Crippen LogP contribution is -2.39. The molecule has 0 saturated heterocycles. The number of hydrogen-bond acceptors (Lipinski definition) is 4. The van der Waals surface area contributed by atoms with Gasteiger partial charge in [-0.25, -0.2) is 23.1 Å².